The number of ether oxygens (including phenoxy) is 1. The number of rotatable bonds is 2. The molecule has 80 valence electrons. The summed E-state index contributed by atoms with van der Waals surface area (Å²) >= 11 is 0. The zero-order chi connectivity index (χ0) is 9.97. The molecule has 0 aromatic heterocycles. The molecule has 0 radical (unpaired) electrons. The lowest BCUT2D eigenvalue weighted by atomic mass is 10.1. The molecular formula is C10H17NO3. The summed E-state index contributed by atoms with van der Waals surface area (Å²) in [5.41, 5.74) is 0. The van der Waals surface area contributed by atoms with Crippen molar-refractivity contribution in [1.29, 1.82) is 0 Å². The fourth-order valence-electron chi connectivity index (χ4n) is 2.51. The van der Waals surface area contributed by atoms with Crippen LogP contribution in [-0.4, -0.2) is 47.8 Å². The van der Waals surface area contributed by atoms with E-state index in [9.17, 15) is 4.79 Å². The first-order valence-corrected chi connectivity index (χ1v) is 5.35. The average molecular weight is 199 g/mol. The van der Waals surface area contributed by atoms with Crippen LogP contribution in [0.2, 0.25) is 0 Å². The minimum absolute atomic E-state index is 0.238. The maximum absolute atomic E-state index is 11.0. The summed E-state index contributed by atoms with van der Waals surface area (Å²) in [6.07, 6.45) is 3.81. The van der Waals surface area contributed by atoms with E-state index in [-0.39, 0.29) is 6.04 Å². The van der Waals surface area contributed by atoms with E-state index in [1.54, 1.807) is 0 Å². The van der Waals surface area contributed by atoms with Gasteiger partial charge in [-0.2, -0.15) is 0 Å². The van der Waals surface area contributed by atoms with Crippen LogP contribution < -0.4 is 0 Å². The van der Waals surface area contributed by atoms with Crippen molar-refractivity contribution >= 4 is 5.97 Å². The first kappa shape index (κ1) is 9.93. The van der Waals surface area contributed by atoms with Gasteiger partial charge in [0.05, 0.1) is 0 Å². The number of likely N-dealkylation sites (tertiary alicyclic amines) is 1. The van der Waals surface area contributed by atoms with Crippen LogP contribution in [0.3, 0.4) is 0 Å². The molecule has 2 fully saturated rings. The summed E-state index contributed by atoms with van der Waals surface area (Å²) in [4.78, 5) is 13.1. The Balaban J connectivity index is 1.97. The summed E-state index contributed by atoms with van der Waals surface area (Å²) in [7, 11) is 0. The molecule has 0 aliphatic carbocycles. The predicted molar refractivity (Wildman–Crippen MR) is 51.2 cm³/mol. The van der Waals surface area contributed by atoms with Crippen molar-refractivity contribution in [2.75, 3.05) is 19.8 Å². The molecule has 1 atom stereocenters. The number of hydrogen-bond donors (Lipinski definition) is 1. The van der Waals surface area contributed by atoms with Crippen LogP contribution in [0.25, 0.3) is 0 Å². The topological polar surface area (TPSA) is 49.8 Å². The Bertz CT molecular complexity index is 213. The van der Waals surface area contributed by atoms with Gasteiger partial charge in [0.2, 0.25) is 0 Å². The van der Waals surface area contributed by atoms with Gasteiger partial charge in [-0.3, -0.25) is 9.69 Å². The molecular weight excluding hydrogens is 182 g/mol. The van der Waals surface area contributed by atoms with Crippen LogP contribution in [0.1, 0.15) is 25.7 Å². The Kier molecular flexibility index (Phi) is 3.03. The SMILES string of the molecule is O=C(O)[C@H]1CCCN1C1CCOCC1. The van der Waals surface area contributed by atoms with Gasteiger partial charge in [0.15, 0.2) is 0 Å². The van der Waals surface area contributed by atoms with E-state index in [2.05, 4.69) is 4.90 Å². The van der Waals surface area contributed by atoms with Crippen LogP contribution in [-0.2, 0) is 9.53 Å². The molecule has 4 heteroatoms. The summed E-state index contributed by atoms with van der Waals surface area (Å²) < 4.78 is 5.28. The Labute approximate surface area is 83.8 Å². The monoisotopic (exact) mass is 199 g/mol. The van der Waals surface area contributed by atoms with Gasteiger partial charge in [0.1, 0.15) is 6.04 Å². The highest BCUT2D eigenvalue weighted by molar-refractivity contribution is 5.73. The lowest BCUT2D eigenvalue weighted by Crippen LogP contribution is -2.45. The largest absolute Gasteiger partial charge is 0.480 e. The minimum Gasteiger partial charge on any atom is -0.480 e. The second-order valence-corrected chi connectivity index (χ2v) is 4.08. The van der Waals surface area contributed by atoms with Crippen molar-refractivity contribution in [2.45, 2.75) is 37.8 Å². The van der Waals surface area contributed by atoms with E-state index in [1.807, 2.05) is 0 Å². The number of nitrogens with zero attached hydrogens (tertiary/aromatic N) is 1. The van der Waals surface area contributed by atoms with Crippen molar-refractivity contribution in [3.63, 3.8) is 0 Å². The van der Waals surface area contributed by atoms with Crippen molar-refractivity contribution in [1.82, 2.24) is 4.90 Å². The molecule has 0 amide bonds. The van der Waals surface area contributed by atoms with Gasteiger partial charge in [-0.15, -0.1) is 0 Å². The fraction of sp³-hybridized carbons (Fsp3) is 0.900. The minimum atomic E-state index is -0.658. The first-order valence-electron chi connectivity index (χ1n) is 5.35. The van der Waals surface area contributed by atoms with Crippen molar-refractivity contribution < 1.29 is 14.6 Å². The third-order valence-corrected chi connectivity index (χ3v) is 3.24. The van der Waals surface area contributed by atoms with Gasteiger partial charge in [-0.25, -0.2) is 0 Å². The fourth-order valence-corrected chi connectivity index (χ4v) is 2.51. The van der Waals surface area contributed by atoms with Gasteiger partial charge in [-0.05, 0) is 32.2 Å². The standard InChI is InChI=1S/C10H17NO3/c12-10(13)9-2-1-5-11(9)8-3-6-14-7-4-8/h8-9H,1-7H2,(H,12,13)/t9-/m1/s1. The first-order chi connectivity index (χ1) is 6.79. The molecule has 2 rings (SSSR count). The van der Waals surface area contributed by atoms with E-state index >= 15 is 0 Å². The normalized spacial score (nSPS) is 30.7. The van der Waals surface area contributed by atoms with Crippen LogP contribution >= 0.6 is 0 Å². The molecule has 0 unspecified atom stereocenters. The molecule has 0 saturated carbocycles. The quantitative estimate of drug-likeness (QED) is 0.711. The van der Waals surface area contributed by atoms with Crippen LogP contribution in [0, 0.1) is 0 Å². The Morgan fingerprint density at radius 2 is 2.00 bits per heavy atom. The summed E-state index contributed by atoms with van der Waals surface area (Å²) in [6, 6.07) is 0.199. The van der Waals surface area contributed by atoms with Gasteiger partial charge in [-0.1, -0.05) is 0 Å². The molecule has 0 spiro atoms. The van der Waals surface area contributed by atoms with E-state index < -0.39 is 5.97 Å². The smallest absolute Gasteiger partial charge is 0.320 e. The molecule has 2 aliphatic heterocycles. The Hall–Kier alpha value is -0.610. The predicted octanol–water partition coefficient (Wildman–Crippen LogP) is 0.714. The van der Waals surface area contributed by atoms with E-state index in [1.165, 1.54) is 0 Å². The molecule has 4 nitrogen and oxygen atoms in total. The molecule has 0 aromatic rings. The Morgan fingerprint density at radius 1 is 1.29 bits per heavy atom. The second kappa shape index (κ2) is 4.28. The summed E-state index contributed by atoms with van der Waals surface area (Å²) in [5.74, 6) is -0.658. The van der Waals surface area contributed by atoms with Crippen LogP contribution in [0.5, 0.6) is 0 Å². The van der Waals surface area contributed by atoms with Gasteiger partial charge >= 0.3 is 5.97 Å². The van der Waals surface area contributed by atoms with Crippen molar-refractivity contribution in [2.24, 2.45) is 0 Å². The number of carbonyl (C=O) groups is 1. The highest BCUT2D eigenvalue weighted by Crippen LogP contribution is 2.25. The van der Waals surface area contributed by atoms with E-state index in [0.717, 1.165) is 45.4 Å². The molecule has 2 aliphatic rings. The molecule has 0 bridgehead atoms. The Morgan fingerprint density at radius 3 is 2.64 bits per heavy atom. The number of carboxylic acid groups (broad SMARTS) is 1. The zero-order valence-corrected chi connectivity index (χ0v) is 8.32. The summed E-state index contributed by atoms with van der Waals surface area (Å²) in [6.45, 7) is 2.52. The highest BCUT2D eigenvalue weighted by atomic mass is 16.5. The average Bonchev–Trinajstić information content (AvgIpc) is 2.67. The van der Waals surface area contributed by atoms with Crippen LogP contribution in [0.4, 0.5) is 0 Å². The van der Waals surface area contributed by atoms with Gasteiger partial charge in [0.25, 0.3) is 0 Å². The third kappa shape index (κ3) is 1.91. The zero-order valence-electron chi connectivity index (χ0n) is 8.32. The second-order valence-electron chi connectivity index (χ2n) is 4.08. The lowest BCUT2D eigenvalue weighted by Gasteiger charge is -2.33. The number of carboxylic acids is 1. The number of aliphatic carboxylic acids is 1. The summed E-state index contributed by atoms with van der Waals surface area (Å²) in [5, 5.41) is 9.04. The molecule has 14 heavy (non-hydrogen) atoms. The maximum Gasteiger partial charge on any atom is 0.320 e. The maximum atomic E-state index is 11.0. The van der Waals surface area contributed by atoms with Gasteiger partial charge in [0, 0.05) is 19.3 Å². The molecule has 2 heterocycles. The van der Waals surface area contributed by atoms with Gasteiger partial charge < -0.3 is 9.84 Å². The lowest BCUT2D eigenvalue weighted by molar-refractivity contribution is -0.143. The molecule has 0 aromatic carbocycles. The number of hydrogen-bond acceptors (Lipinski definition) is 3. The van der Waals surface area contributed by atoms with E-state index in [4.69, 9.17) is 9.84 Å². The van der Waals surface area contributed by atoms with Crippen molar-refractivity contribution in [3.05, 3.63) is 0 Å². The third-order valence-electron chi connectivity index (χ3n) is 3.24. The molecule has 1 N–H and O–H groups in total. The van der Waals surface area contributed by atoms with E-state index in [0.29, 0.717) is 6.04 Å². The molecule has 2 saturated heterocycles. The van der Waals surface area contributed by atoms with Crippen LogP contribution in [0.15, 0.2) is 0 Å². The highest BCUT2D eigenvalue weighted by Gasteiger charge is 2.35. The van der Waals surface area contributed by atoms with Crippen molar-refractivity contribution in [3.8, 4) is 0 Å².